The van der Waals surface area contributed by atoms with Crippen molar-refractivity contribution in [2.24, 2.45) is 5.73 Å². The molecule has 3 nitrogen and oxygen atoms in total. The molecule has 2 aromatic rings. The summed E-state index contributed by atoms with van der Waals surface area (Å²) >= 11 is 3.19. The zero-order valence-electron chi connectivity index (χ0n) is 12.1. The monoisotopic (exact) mass is 351 g/mol. The number of rotatable bonds is 5. The third kappa shape index (κ3) is 3.95. The molecule has 0 saturated carbocycles. The maximum absolute atomic E-state index is 13.3. The highest BCUT2D eigenvalue weighted by molar-refractivity contribution is 9.10. The number of nitrogens with zero attached hydrogens (tertiary/aromatic N) is 1. The lowest BCUT2D eigenvalue weighted by Crippen LogP contribution is -2.20. The van der Waals surface area contributed by atoms with Gasteiger partial charge in [-0.1, -0.05) is 12.1 Å². The Morgan fingerprint density at radius 2 is 1.86 bits per heavy atom. The van der Waals surface area contributed by atoms with Crippen molar-refractivity contribution in [3.8, 4) is 0 Å². The van der Waals surface area contributed by atoms with Crippen LogP contribution in [0.2, 0.25) is 0 Å². The second kappa shape index (κ2) is 6.91. The molecule has 0 aliphatic rings. The fraction of sp³-hybridized carbons (Fsp3) is 0.250. The van der Waals surface area contributed by atoms with E-state index < -0.39 is 0 Å². The van der Waals surface area contributed by atoms with E-state index in [0.717, 1.165) is 16.9 Å². The molecule has 0 amide bonds. The fourth-order valence-electron chi connectivity index (χ4n) is 2.07. The van der Waals surface area contributed by atoms with E-state index >= 15 is 0 Å². The summed E-state index contributed by atoms with van der Waals surface area (Å²) in [5.74, 6) is -0.278. The molecule has 1 atom stereocenters. The molecule has 0 heterocycles. The molecule has 0 radical (unpaired) electrons. The molecule has 21 heavy (non-hydrogen) atoms. The van der Waals surface area contributed by atoms with Gasteiger partial charge in [0.25, 0.3) is 0 Å². The number of hydrogen-bond donors (Lipinski definition) is 2. The highest BCUT2D eigenvalue weighted by Crippen LogP contribution is 2.25. The molecular weight excluding hydrogens is 333 g/mol. The second-order valence-electron chi connectivity index (χ2n) is 5.05. The third-order valence-corrected chi connectivity index (χ3v) is 3.92. The Morgan fingerprint density at radius 1 is 1.19 bits per heavy atom. The molecule has 3 N–H and O–H groups in total. The van der Waals surface area contributed by atoms with Gasteiger partial charge in [-0.3, -0.25) is 0 Å². The summed E-state index contributed by atoms with van der Waals surface area (Å²) in [6.07, 6.45) is 0. The quantitative estimate of drug-likeness (QED) is 0.861. The summed E-state index contributed by atoms with van der Waals surface area (Å²) in [4.78, 5) is 2.05. The van der Waals surface area contributed by atoms with Crippen molar-refractivity contribution in [3.05, 3.63) is 58.3 Å². The number of anilines is 2. The summed E-state index contributed by atoms with van der Waals surface area (Å²) in [5, 5.41) is 3.33. The van der Waals surface area contributed by atoms with Gasteiger partial charge >= 0.3 is 0 Å². The largest absolute Gasteiger partial charge is 0.378 e. The summed E-state index contributed by atoms with van der Waals surface area (Å²) in [6.45, 7) is 0.455. The van der Waals surface area contributed by atoms with Crippen LogP contribution in [0.15, 0.2) is 46.9 Å². The minimum absolute atomic E-state index is 0.0152. The predicted molar refractivity (Wildman–Crippen MR) is 90.3 cm³/mol. The molecule has 2 rings (SSSR count). The number of halogens is 2. The molecule has 0 fully saturated rings. The number of benzene rings is 2. The lowest BCUT2D eigenvalue weighted by molar-refractivity contribution is 0.621. The van der Waals surface area contributed by atoms with Crippen LogP contribution in [0.3, 0.4) is 0 Å². The summed E-state index contributed by atoms with van der Waals surface area (Å²) in [7, 11) is 4.01. The molecule has 0 bridgehead atoms. The van der Waals surface area contributed by atoms with Crippen LogP contribution in [0.5, 0.6) is 0 Å². The molecular formula is C16H19BrFN3. The first-order valence-electron chi connectivity index (χ1n) is 6.70. The summed E-state index contributed by atoms with van der Waals surface area (Å²) in [6, 6.07) is 13.0. The van der Waals surface area contributed by atoms with Crippen molar-refractivity contribution >= 4 is 27.3 Å². The fourth-order valence-corrected chi connectivity index (χ4v) is 2.45. The number of nitrogens with one attached hydrogen (secondary N) is 1. The highest BCUT2D eigenvalue weighted by Gasteiger charge is 2.10. The van der Waals surface area contributed by atoms with Crippen LogP contribution in [0.4, 0.5) is 15.8 Å². The van der Waals surface area contributed by atoms with E-state index in [-0.39, 0.29) is 11.9 Å². The molecule has 5 heteroatoms. The standard InChI is InChI=1S/C16H19BrFN3/c1-21(2)13-6-3-11(4-7-13)16(10-19)20-12-5-8-15(18)14(17)9-12/h3-9,16,20H,10,19H2,1-2H3. The van der Waals surface area contributed by atoms with Gasteiger partial charge in [0.05, 0.1) is 10.5 Å². The second-order valence-corrected chi connectivity index (χ2v) is 5.90. The molecule has 112 valence electrons. The van der Waals surface area contributed by atoms with E-state index in [1.807, 2.05) is 19.0 Å². The third-order valence-electron chi connectivity index (χ3n) is 3.31. The van der Waals surface area contributed by atoms with Gasteiger partial charge in [-0.15, -0.1) is 0 Å². The average Bonchev–Trinajstić information content (AvgIpc) is 2.48. The van der Waals surface area contributed by atoms with Gasteiger partial charge in [0.15, 0.2) is 0 Å². The molecule has 2 aromatic carbocycles. The molecule has 0 aliphatic heterocycles. The minimum atomic E-state index is -0.278. The molecule has 0 aliphatic carbocycles. The molecule has 0 saturated heterocycles. The SMILES string of the molecule is CN(C)c1ccc(C(CN)Nc2ccc(F)c(Br)c2)cc1. The number of nitrogens with two attached hydrogens (primary N) is 1. The first-order valence-corrected chi connectivity index (χ1v) is 7.49. The zero-order valence-corrected chi connectivity index (χ0v) is 13.7. The predicted octanol–water partition coefficient (Wildman–Crippen LogP) is 3.77. The lowest BCUT2D eigenvalue weighted by Gasteiger charge is -2.20. The Kier molecular flexibility index (Phi) is 5.20. The smallest absolute Gasteiger partial charge is 0.137 e. The van der Waals surface area contributed by atoms with Crippen molar-refractivity contribution in [3.63, 3.8) is 0 Å². The lowest BCUT2D eigenvalue weighted by atomic mass is 10.1. The Bertz CT molecular complexity index is 599. The Hall–Kier alpha value is -1.59. The van der Waals surface area contributed by atoms with E-state index in [4.69, 9.17) is 5.73 Å². The first kappa shape index (κ1) is 15.8. The van der Waals surface area contributed by atoms with Crippen molar-refractivity contribution in [2.75, 3.05) is 30.9 Å². The van der Waals surface area contributed by atoms with Crippen molar-refractivity contribution < 1.29 is 4.39 Å². The van der Waals surface area contributed by atoms with Crippen LogP contribution in [-0.4, -0.2) is 20.6 Å². The van der Waals surface area contributed by atoms with Crippen molar-refractivity contribution in [2.45, 2.75) is 6.04 Å². The van der Waals surface area contributed by atoms with Crippen molar-refractivity contribution in [1.82, 2.24) is 0 Å². The van der Waals surface area contributed by atoms with Gasteiger partial charge in [-0.05, 0) is 51.8 Å². The van der Waals surface area contributed by atoms with E-state index in [9.17, 15) is 4.39 Å². The van der Waals surface area contributed by atoms with Gasteiger partial charge in [-0.2, -0.15) is 0 Å². The summed E-state index contributed by atoms with van der Waals surface area (Å²) < 4.78 is 13.7. The topological polar surface area (TPSA) is 41.3 Å². The van der Waals surface area contributed by atoms with E-state index in [1.165, 1.54) is 6.07 Å². The highest BCUT2D eigenvalue weighted by atomic mass is 79.9. The van der Waals surface area contributed by atoms with E-state index in [0.29, 0.717) is 11.0 Å². The number of hydrogen-bond acceptors (Lipinski definition) is 3. The Morgan fingerprint density at radius 3 is 2.38 bits per heavy atom. The Labute approximate surface area is 133 Å². The minimum Gasteiger partial charge on any atom is -0.378 e. The van der Waals surface area contributed by atoms with Gasteiger partial charge in [0, 0.05) is 32.0 Å². The van der Waals surface area contributed by atoms with Crippen LogP contribution < -0.4 is 16.0 Å². The summed E-state index contributed by atoms with van der Waals surface area (Å²) in [5.41, 5.74) is 8.93. The maximum atomic E-state index is 13.3. The molecule has 1 unspecified atom stereocenters. The van der Waals surface area contributed by atoms with Crippen LogP contribution in [0.1, 0.15) is 11.6 Å². The average molecular weight is 352 g/mol. The van der Waals surface area contributed by atoms with Gasteiger partial charge < -0.3 is 16.0 Å². The van der Waals surface area contributed by atoms with Gasteiger partial charge in [0.2, 0.25) is 0 Å². The van der Waals surface area contributed by atoms with Crippen LogP contribution in [0.25, 0.3) is 0 Å². The normalized spacial score (nSPS) is 12.0. The molecule has 0 aromatic heterocycles. The maximum Gasteiger partial charge on any atom is 0.137 e. The van der Waals surface area contributed by atoms with Crippen LogP contribution in [-0.2, 0) is 0 Å². The van der Waals surface area contributed by atoms with Crippen molar-refractivity contribution in [1.29, 1.82) is 0 Å². The Balaban J connectivity index is 2.17. The van der Waals surface area contributed by atoms with Crippen LogP contribution >= 0.6 is 15.9 Å². The van der Waals surface area contributed by atoms with Gasteiger partial charge in [-0.25, -0.2) is 4.39 Å². The van der Waals surface area contributed by atoms with Crippen LogP contribution in [0, 0.1) is 5.82 Å². The van der Waals surface area contributed by atoms with E-state index in [1.54, 1.807) is 12.1 Å². The first-order chi connectivity index (χ1) is 10.0. The zero-order chi connectivity index (χ0) is 15.4. The van der Waals surface area contributed by atoms with Gasteiger partial charge in [0.1, 0.15) is 5.82 Å². The van der Waals surface area contributed by atoms with E-state index in [2.05, 4.69) is 45.5 Å². The molecule has 0 spiro atoms.